The number of ether oxygens (including phenoxy) is 2. The molecule has 2 aromatic heterocycles. The molecule has 30 heavy (non-hydrogen) atoms. The lowest BCUT2D eigenvalue weighted by molar-refractivity contribution is -0.120. The fourth-order valence-corrected chi connectivity index (χ4v) is 4.11. The molecule has 2 heterocycles. The van der Waals surface area contributed by atoms with Gasteiger partial charge in [0.1, 0.15) is 11.5 Å². The maximum atomic E-state index is 12.5. The lowest BCUT2D eigenvalue weighted by Gasteiger charge is -2.08. The zero-order valence-corrected chi connectivity index (χ0v) is 18.0. The summed E-state index contributed by atoms with van der Waals surface area (Å²) in [6.45, 7) is 2.56. The van der Waals surface area contributed by atoms with E-state index in [0.29, 0.717) is 6.54 Å². The number of carbonyl (C=O) groups excluding carboxylic acids is 1. The van der Waals surface area contributed by atoms with E-state index in [4.69, 9.17) is 14.5 Å². The van der Waals surface area contributed by atoms with Gasteiger partial charge in [0.25, 0.3) is 0 Å². The molecule has 0 fully saturated rings. The monoisotopic (exact) mass is 421 g/mol. The van der Waals surface area contributed by atoms with Crippen LogP contribution in [0.4, 0.5) is 0 Å². The third kappa shape index (κ3) is 4.16. The van der Waals surface area contributed by atoms with E-state index in [1.165, 1.54) is 16.9 Å². The molecule has 1 amide bonds. The summed E-state index contributed by atoms with van der Waals surface area (Å²) in [6.07, 6.45) is 2.22. The molecular formula is C23H23N3O3S. The van der Waals surface area contributed by atoms with Crippen molar-refractivity contribution in [3.05, 3.63) is 70.9 Å². The predicted octanol–water partition coefficient (Wildman–Crippen LogP) is 4.25. The molecule has 0 aliphatic rings. The number of nitrogens with one attached hydrogen (secondary N) is 1. The fraction of sp³-hybridized carbons (Fsp3) is 0.217. The molecule has 7 heteroatoms. The van der Waals surface area contributed by atoms with Gasteiger partial charge < -0.3 is 14.8 Å². The molecule has 0 atom stereocenters. The molecule has 0 saturated carbocycles. The zero-order chi connectivity index (χ0) is 21.1. The molecular weight excluding hydrogens is 398 g/mol. The van der Waals surface area contributed by atoms with Crippen molar-refractivity contribution in [3.8, 4) is 22.8 Å². The van der Waals surface area contributed by atoms with Crippen LogP contribution in [0.3, 0.4) is 0 Å². The first-order valence-electron chi connectivity index (χ1n) is 9.57. The van der Waals surface area contributed by atoms with Crippen LogP contribution >= 0.6 is 11.3 Å². The van der Waals surface area contributed by atoms with Gasteiger partial charge in [-0.2, -0.15) is 0 Å². The number of rotatable bonds is 7. The van der Waals surface area contributed by atoms with Gasteiger partial charge in [-0.1, -0.05) is 29.8 Å². The number of aryl methyl sites for hydroxylation is 1. The van der Waals surface area contributed by atoms with Gasteiger partial charge in [0.05, 0.1) is 26.3 Å². The third-order valence-corrected chi connectivity index (χ3v) is 5.81. The molecule has 2 aromatic carbocycles. The summed E-state index contributed by atoms with van der Waals surface area (Å²) < 4.78 is 12.8. The number of imidazole rings is 1. The topological polar surface area (TPSA) is 64.9 Å². The van der Waals surface area contributed by atoms with Crippen LogP contribution in [0.25, 0.3) is 16.2 Å². The standard InChI is InChI=1S/C23H23N3O3S/c1-15-4-6-16(7-5-15)12-24-22(27)10-17-14-30-23-25-20(13-26(17)23)19-11-18(28-2)8-9-21(19)29-3/h4-9,11,13-14H,10,12H2,1-3H3,(H,24,27). The van der Waals surface area contributed by atoms with Crippen molar-refractivity contribution in [1.82, 2.24) is 14.7 Å². The Balaban J connectivity index is 1.52. The van der Waals surface area contributed by atoms with Crippen molar-refractivity contribution < 1.29 is 14.3 Å². The molecule has 154 valence electrons. The second kappa shape index (κ2) is 8.59. The number of fused-ring (bicyclic) bond motifs is 1. The summed E-state index contributed by atoms with van der Waals surface area (Å²) in [4.78, 5) is 18.0. The Morgan fingerprint density at radius 2 is 1.93 bits per heavy atom. The molecule has 0 unspecified atom stereocenters. The first-order valence-corrected chi connectivity index (χ1v) is 10.5. The zero-order valence-electron chi connectivity index (χ0n) is 17.1. The molecule has 0 spiro atoms. The molecule has 0 saturated heterocycles. The van der Waals surface area contributed by atoms with Gasteiger partial charge in [0.15, 0.2) is 4.96 Å². The van der Waals surface area contributed by atoms with Crippen LogP contribution in [0.15, 0.2) is 54.0 Å². The smallest absolute Gasteiger partial charge is 0.226 e. The summed E-state index contributed by atoms with van der Waals surface area (Å²) in [7, 11) is 3.26. The highest BCUT2D eigenvalue weighted by molar-refractivity contribution is 7.15. The van der Waals surface area contributed by atoms with Crippen LogP contribution in [0, 0.1) is 6.92 Å². The van der Waals surface area contributed by atoms with Gasteiger partial charge in [-0.05, 0) is 30.7 Å². The van der Waals surface area contributed by atoms with E-state index in [-0.39, 0.29) is 12.3 Å². The van der Waals surface area contributed by atoms with Gasteiger partial charge in [-0.3, -0.25) is 9.20 Å². The van der Waals surface area contributed by atoms with Crippen molar-refractivity contribution in [3.63, 3.8) is 0 Å². The molecule has 0 aliphatic carbocycles. The minimum absolute atomic E-state index is 0.0236. The molecule has 1 N–H and O–H groups in total. The second-order valence-electron chi connectivity index (χ2n) is 7.01. The van der Waals surface area contributed by atoms with E-state index in [2.05, 4.69) is 5.32 Å². The van der Waals surface area contributed by atoms with Crippen LogP contribution in [-0.2, 0) is 17.8 Å². The van der Waals surface area contributed by atoms with Gasteiger partial charge in [0.2, 0.25) is 5.91 Å². The van der Waals surface area contributed by atoms with Gasteiger partial charge >= 0.3 is 0 Å². The minimum atomic E-state index is -0.0236. The van der Waals surface area contributed by atoms with E-state index in [1.54, 1.807) is 14.2 Å². The molecule has 4 rings (SSSR count). The Labute approximate surface area is 179 Å². The summed E-state index contributed by atoms with van der Waals surface area (Å²) >= 11 is 1.51. The number of thiazole rings is 1. The number of aromatic nitrogens is 2. The molecule has 0 bridgehead atoms. The van der Waals surface area contributed by atoms with Crippen molar-refractivity contribution >= 4 is 22.2 Å². The van der Waals surface area contributed by atoms with E-state index >= 15 is 0 Å². The highest BCUT2D eigenvalue weighted by Crippen LogP contribution is 2.34. The maximum Gasteiger partial charge on any atom is 0.226 e. The lowest BCUT2D eigenvalue weighted by atomic mass is 10.1. The molecule has 0 radical (unpaired) electrons. The number of hydrogen-bond donors (Lipinski definition) is 1. The van der Waals surface area contributed by atoms with E-state index in [9.17, 15) is 4.79 Å². The van der Waals surface area contributed by atoms with Crippen molar-refractivity contribution in [2.45, 2.75) is 19.9 Å². The molecule has 0 aliphatic heterocycles. The Hall–Kier alpha value is -3.32. The van der Waals surface area contributed by atoms with Crippen LogP contribution in [0.1, 0.15) is 16.8 Å². The average molecular weight is 422 g/mol. The Kier molecular flexibility index (Phi) is 5.72. The third-order valence-electron chi connectivity index (χ3n) is 4.92. The van der Waals surface area contributed by atoms with Crippen LogP contribution in [0.5, 0.6) is 11.5 Å². The lowest BCUT2D eigenvalue weighted by Crippen LogP contribution is -2.24. The first kappa shape index (κ1) is 20.0. The number of benzene rings is 2. The van der Waals surface area contributed by atoms with E-state index in [1.807, 2.05) is 65.4 Å². The van der Waals surface area contributed by atoms with Crippen molar-refractivity contribution in [2.75, 3.05) is 14.2 Å². The molecule has 6 nitrogen and oxygen atoms in total. The fourth-order valence-electron chi connectivity index (χ4n) is 3.23. The Bertz CT molecular complexity index is 1180. The first-order chi connectivity index (χ1) is 14.6. The summed E-state index contributed by atoms with van der Waals surface area (Å²) in [6, 6.07) is 13.8. The quantitative estimate of drug-likeness (QED) is 0.485. The van der Waals surface area contributed by atoms with Gasteiger partial charge in [-0.25, -0.2) is 4.98 Å². The Morgan fingerprint density at radius 3 is 2.67 bits per heavy atom. The molecule has 4 aromatic rings. The number of carbonyl (C=O) groups is 1. The number of methoxy groups -OCH3 is 2. The SMILES string of the molecule is COc1ccc(OC)c(-c2cn3c(CC(=O)NCc4ccc(C)cc4)csc3n2)c1. The second-order valence-corrected chi connectivity index (χ2v) is 7.85. The van der Waals surface area contributed by atoms with Crippen LogP contribution < -0.4 is 14.8 Å². The number of hydrogen-bond acceptors (Lipinski definition) is 5. The summed E-state index contributed by atoms with van der Waals surface area (Å²) in [5.74, 6) is 1.43. The van der Waals surface area contributed by atoms with E-state index < -0.39 is 0 Å². The van der Waals surface area contributed by atoms with Gasteiger partial charge in [-0.15, -0.1) is 11.3 Å². The van der Waals surface area contributed by atoms with Crippen LogP contribution in [0.2, 0.25) is 0 Å². The van der Waals surface area contributed by atoms with Crippen molar-refractivity contribution in [1.29, 1.82) is 0 Å². The normalized spacial score (nSPS) is 10.9. The summed E-state index contributed by atoms with van der Waals surface area (Å²) in [5, 5.41) is 4.96. The van der Waals surface area contributed by atoms with Crippen LogP contribution in [-0.4, -0.2) is 29.5 Å². The van der Waals surface area contributed by atoms with E-state index in [0.717, 1.165) is 39.0 Å². The number of amides is 1. The number of nitrogens with zero attached hydrogens (tertiary/aromatic N) is 2. The predicted molar refractivity (Wildman–Crippen MR) is 118 cm³/mol. The highest BCUT2D eigenvalue weighted by Gasteiger charge is 2.15. The van der Waals surface area contributed by atoms with Crippen molar-refractivity contribution in [2.24, 2.45) is 0 Å². The van der Waals surface area contributed by atoms with Gasteiger partial charge in [0, 0.05) is 29.4 Å². The highest BCUT2D eigenvalue weighted by atomic mass is 32.1. The average Bonchev–Trinajstić information content (AvgIpc) is 3.34. The largest absolute Gasteiger partial charge is 0.497 e. The minimum Gasteiger partial charge on any atom is -0.497 e. The Morgan fingerprint density at radius 1 is 1.13 bits per heavy atom. The summed E-state index contributed by atoms with van der Waals surface area (Å²) in [5.41, 5.74) is 4.81. The maximum absolute atomic E-state index is 12.5.